The molecule has 0 amide bonds. The molecule has 0 radical (unpaired) electrons. The molecule has 0 aliphatic rings. The second kappa shape index (κ2) is 5.64. The van der Waals surface area contributed by atoms with Crippen molar-refractivity contribution in [2.24, 2.45) is 0 Å². The number of hydrogen-bond acceptors (Lipinski definition) is 1. The minimum atomic E-state index is 0.465. The summed E-state index contributed by atoms with van der Waals surface area (Å²) in [5, 5.41) is 4.72. The van der Waals surface area contributed by atoms with Crippen molar-refractivity contribution in [3.63, 3.8) is 0 Å². The Morgan fingerprint density at radius 3 is 2.40 bits per heavy atom. The van der Waals surface area contributed by atoms with Crippen LogP contribution >= 0.6 is 34.8 Å². The first-order valence-electron chi connectivity index (χ1n) is 4.53. The highest BCUT2D eigenvalue weighted by Crippen LogP contribution is 2.32. The number of anilines is 1. The van der Waals surface area contributed by atoms with Gasteiger partial charge in [-0.2, -0.15) is 0 Å². The van der Waals surface area contributed by atoms with E-state index in [1.165, 1.54) is 0 Å². The maximum Gasteiger partial charge on any atom is 0.0653 e. The van der Waals surface area contributed by atoms with Crippen molar-refractivity contribution in [3.8, 4) is 0 Å². The Bertz CT molecular complexity index is 374. The molecule has 4 heteroatoms. The predicted molar refractivity (Wildman–Crippen MR) is 69.4 cm³/mol. The maximum absolute atomic E-state index is 5.99. The summed E-state index contributed by atoms with van der Waals surface area (Å²) in [6.07, 6.45) is 0.899. The molecule has 15 heavy (non-hydrogen) atoms. The minimum Gasteiger partial charge on any atom is -0.383 e. The molecule has 1 aromatic carbocycles. The first kappa shape index (κ1) is 12.7. The number of benzene rings is 1. The van der Waals surface area contributed by atoms with Crippen molar-refractivity contribution in [2.75, 3.05) is 11.9 Å². The lowest BCUT2D eigenvalue weighted by molar-refractivity contribution is 1.00. The number of hydrogen-bond donors (Lipinski definition) is 1. The Morgan fingerprint density at radius 2 is 1.80 bits per heavy atom. The standard InChI is InChI=1S/C11H12Cl3N/c1-7(2)3-4-15-11-6-9(13)8(12)5-10(11)14/h5-6,15H,1,3-4H2,2H3. The van der Waals surface area contributed by atoms with Crippen LogP contribution in [0, 0.1) is 0 Å². The molecule has 0 saturated carbocycles. The van der Waals surface area contributed by atoms with Crippen LogP contribution in [0.4, 0.5) is 5.69 Å². The van der Waals surface area contributed by atoms with Crippen molar-refractivity contribution < 1.29 is 0 Å². The molecular weight excluding hydrogens is 252 g/mol. The van der Waals surface area contributed by atoms with E-state index in [1.54, 1.807) is 12.1 Å². The van der Waals surface area contributed by atoms with E-state index in [9.17, 15) is 0 Å². The SMILES string of the molecule is C=C(C)CCNc1cc(Cl)c(Cl)cc1Cl. The molecule has 0 bridgehead atoms. The molecule has 0 fully saturated rings. The van der Waals surface area contributed by atoms with Crippen LogP contribution in [0.5, 0.6) is 0 Å². The quantitative estimate of drug-likeness (QED) is 0.594. The van der Waals surface area contributed by atoms with Gasteiger partial charge >= 0.3 is 0 Å². The van der Waals surface area contributed by atoms with Gasteiger partial charge in [0.15, 0.2) is 0 Å². The van der Waals surface area contributed by atoms with Crippen LogP contribution in [-0.2, 0) is 0 Å². The van der Waals surface area contributed by atoms with Gasteiger partial charge in [0.2, 0.25) is 0 Å². The van der Waals surface area contributed by atoms with Crippen LogP contribution in [-0.4, -0.2) is 6.54 Å². The molecule has 82 valence electrons. The summed E-state index contributed by atoms with van der Waals surface area (Å²) < 4.78 is 0. The number of halogens is 3. The van der Waals surface area contributed by atoms with Gasteiger partial charge in [-0.1, -0.05) is 40.4 Å². The monoisotopic (exact) mass is 263 g/mol. The summed E-state index contributed by atoms with van der Waals surface area (Å²) in [7, 11) is 0. The lowest BCUT2D eigenvalue weighted by atomic mass is 10.2. The Labute approximate surface area is 105 Å². The van der Waals surface area contributed by atoms with Gasteiger partial charge in [0.25, 0.3) is 0 Å². The molecule has 0 aliphatic heterocycles. The van der Waals surface area contributed by atoms with Crippen molar-refractivity contribution in [1.29, 1.82) is 0 Å². The van der Waals surface area contributed by atoms with E-state index >= 15 is 0 Å². The number of rotatable bonds is 4. The second-order valence-electron chi connectivity index (χ2n) is 3.38. The van der Waals surface area contributed by atoms with E-state index < -0.39 is 0 Å². The fourth-order valence-electron chi connectivity index (χ4n) is 1.07. The molecule has 1 N–H and O–H groups in total. The van der Waals surface area contributed by atoms with E-state index in [1.807, 2.05) is 6.92 Å². The third kappa shape index (κ3) is 3.94. The van der Waals surface area contributed by atoms with Gasteiger partial charge in [0.05, 0.1) is 20.8 Å². The highest BCUT2D eigenvalue weighted by molar-refractivity contribution is 6.44. The Morgan fingerprint density at radius 1 is 1.20 bits per heavy atom. The molecule has 0 spiro atoms. The average Bonchev–Trinajstić information content (AvgIpc) is 2.13. The van der Waals surface area contributed by atoms with Gasteiger partial charge in [-0.05, 0) is 25.5 Å². The highest BCUT2D eigenvalue weighted by Gasteiger charge is 2.04. The van der Waals surface area contributed by atoms with Gasteiger partial charge in [0.1, 0.15) is 0 Å². The lowest BCUT2D eigenvalue weighted by Gasteiger charge is -2.09. The van der Waals surface area contributed by atoms with Gasteiger partial charge < -0.3 is 5.32 Å². The topological polar surface area (TPSA) is 12.0 Å². The minimum absolute atomic E-state index is 0.465. The van der Waals surface area contributed by atoms with Crippen LogP contribution < -0.4 is 5.32 Å². The van der Waals surface area contributed by atoms with E-state index in [2.05, 4.69) is 11.9 Å². The molecule has 0 unspecified atom stereocenters. The molecule has 0 saturated heterocycles. The largest absolute Gasteiger partial charge is 0.383 e. The summed E-state index contributed by atoms with van der Waals surface area (Å²) in [6.45, 7) is 6.59. The summed E-state index contributed by atoms with van der Waals surface area (Å²) >= 11 is 17.7. The zero-order valence-corrected chi connectivity index (χ0v) is 10.7. The normalized spacial score (nSPS) is 10.1. The Balaban J connectivity index is 2.69. The molecule has 1 nitrogen and oxygen atoms in total. The summed E-state index contributed by atoms with van der Waals surface area (Å²) in [5.41, 5.74) is 1.92. The Hall–Kier alpha value is -0.370. The molecule has 0 aliphatic carbocycles. The van der Waals surface area contributed by atoms with E-state index in [0.29, 0.717) is 15.1 Å². The molecule has 1 rings (SSSR count). The van der Waals surface area contributed by atoms with E-state index in [0.717, 1.165) is 24.2 Å². The third-order valence-corrected chi connectivity index (χ3v) is 2.91. The zero-order chi connectivity index (χ0) is 11.4. The smallest absolute Gasteiger partial charge is 0.0653 e. The maximum atomic E-state index is 5.99. The van der Waals surface area contributed by atoms with Gasteiger partial charge in [0, 0.05) is 6.54 Å². The summed E-state index contributed by atoms with van der Waals surface area (Å²) in [4.78, 5) is 0. The third-order valence-electron chi connectivity index (χ3n) is 1.88. The average molecular weight is 265 g/mol. The van der Waals surface area contributed by atoms with Crippen LogP contribution in [0.1, 0.15) is 13.3 Å². The van der Waals surface area contributed by atoms with Crippen molar-refractivity contribution in [2.45, 2.75) is 13.3 Å². The van der Waals surface area contributed by atoms with Crippen LogP contribution in [0.25, 0.3) is 0 Å². The first-order chi connectivity index (χ1) is 7.00. The van der Waals surface area contributed by atoms with Gasteiger partial charge in [-0.3, -0.25) is 0 Å². The van der Waals surface area contributed by atoms with Crippen LogP contribution in [0.15, 0.2) is 24.3 Å². The van der Waals surface area contributed by atoms with Gasteiger partial charge in [-0.25, -0.2) is 0 Å². The predicted octanol–water partition coefficient (Wildman–Crippen LogP) is 5.02. The van der Waals surface area contributed by atoms with E-state index in [-0.39, 0.29) is 0 Å². The number of nitrogens with one attached hydrogen (secondary N) is 1. The second-order valence-corrected chi connectivity index (χ2v) is 4.60. The fraction of sp³-hybridized carbons (Fsp3) is 0.273. The zero-order valence-electron chi connectivity index (χ0n) is 8.41. The lowest BCUT2D eigenvalue weighted by Crippen LogP contribution is -2.02. The molecule has 0 aromatic heterocycles. The van der Waals surface area contributed by atoms with Crippen LogP contribution in [0.2, 0.25) is 15.1 Å². The fourth-order valence-corrected chi connectivity index (χ4v) is 1.68. The first-order valence-corrected chi connectivity index (χ1v) is 5.67. The van der Waals surface area contributed by atoms with Crippen LogP contribution in [0.3, 0.4) is 0 Å². The van der Waals surface area contributed by atoms with E-state index in [4.69, 9.17) is 34.8 Å². The molecule has 1 aromatic rings. The summed E-state index contributed by atoms with van der Waals surface area (Å²) in [5.74, 6) is 0. The van der Waals surface area contributed by atoms with Crippen molar-refractivity contribution >= 4 is 40.5 Å². The van der Waals surface area contributed by atoms with Crippen molar-refractivity contribution in [3.05, 3.63) is 39.4 Å². The Kier molecular flexibility index (Phi) is 4.78. The van der Waals surface area contributed by atoms with Gasteiger partial charge in [-0.15, -0.1) is 6.58 Å². The highest BCUT2D eigenvalue weighted by atomic mass is 35.5. The summed E-state index contributed by atoms with van der Waals surface area (Å²) in [6, 6.07) is 3.36. The van der Waals surface area contributed by atoms with Crippen molar-refractivity contribution in [1.82, 2.24) is 0 Å². The molecular formula is C11H12Cl3N. The molecule has 0 atom stereocenters. The molecule has 0 heterocycles.